The van der Waals surface area contributed by atoms with E-state index in [1.165, 1.54) is 0 Å². The molecular formula is C25H18ClNO4S2. The number of benzene rings is 3. The molecule has 1 N–H and O–H groups in total. The van der Waals surface area contributed by atoms with E-state index in [9.17, 15) is 14.7 Å². The van der Waals surface area contributed by atoms with Gasteiger partial charge in [-0.15, -0.1) is 0 Å². The molecule has 0 aromatic heterocycles. The number of carbonyl (C=O) groups is 2. The van der Waals surface area contributed by atoms with E-state index in [0.29, 0.717) is 27.8 Å². The number of thiocarbonyl (C=S) groups is 1. The predicted octanol–water partition coefficient (Wildman–Crippen LogP) is 5.95. The lowest BCUT2D eigenvalue weighted by Crippen LogP contribution is -2.37. The summed E-state index contributed by atoms with van der Waals surface area (Å²) >= 11 is 12.3. The van der Waals surface area contributed by atoms with Crippen LogP contribution < -0.4 is 4.74 Å². The number of thioether (sulfide) groups is 1. The quantitative estimate of drug-likeness (QED) is 0.323. The molecule has 5 nitrogen and oxygen atoms in total. The highest BCUT2D eigenvalue weighted by atomic mass is 35.5. The molecular weight excluding hydrogens is 478 g/mol. The minimum atomic E-state index is -1.17. The summed E-state index contributed by atoms with van der Waals surface area (Å²) in [5.74, 6) is -0.880. The van der Waals surface area contributed by atoms with Crippen molar-refractivity contribution in [1.29, 1.82) is 0 Å². The summed E-state index contributed by atoms with van der Waals surface area (Å²) in [4.78, 5) is 26.5. The number of ether oxygens (including phenoxy) is 1. The number of hydrogen-bond acceptors (Lipinski definition) is 5. The molecule has 1 aliphatic heterocycles. The van der Waals surface area contributed by atoms with Crippen molar-refractivity contribution >= 4 is 57.9 Å². The van der Waals surface area contributed by atoms with Gasteiger partial charge in [-0.05, 0) is 47.0 Å². The fraction of sp³-hybridized carbons (Fsp3) is 0.0800. The lowest BCUT2D eigenvalue weighted by atomic mass is 10.1. The van der Waals surface area contributed by atoms with Crippen molar-refractivity contribution in [2.45, 2.75) is 12.6 Å². The van der Waals surface area contributed by atoms with E-state index in [1.54, 1.807) is 36.4 Å². The third-order valence-corrected chi connectivity index (χ3v) is 6.51. The Kier molecular flexibility index (Phi) is 7.13. The molecule has 0 unspecified atom stereocenters. The SMILES string of the molecule is O=C(O)[C@H](c1ccccc1)N1C(=O)/C(=C/c2ccc(OCc3ccc(Cl)cc3)cc2)SC1=S. The van der Waals surface area contributed by atoms with Gasteiger partial charge in [0.2, 0.25) is 0 Å². The first-order chi connectivity index (χ1) is 15.9. The van der Waals surface area contributed by atoms with Crippen molar-refractivity contribution < 1.29 is 19.4 Å². The van der Waals surface area contributed by atoms with Crippen molar-refractivity contribution in [3.8, 4) is 5.75 Å². The first-order valence-electron chi connectivity index (χ1n) is 9.94. The topological polar surface area (TPSA) is 66.8 Å². The zero-order valence-electron chi connectivity index (χ0n) is 17.2. The Morgan fingerprint density at radius 1 is 1.06 bits per heavy atom. The smallest absolute Gasteiger partial charge is 0.331 e. The van der Waals surface area contributed by atoms with Gasteiger partial charge in [-0.1, -0.05) is 90.2 Å². The van der Waals surface area contributed by atoms with Crippen molar-refractivity contribution in [3.63, 3.8) is 0 Å². The average molecular weight is 496 g/mol. The van der Waals surface area contributed by atoms with Gasteiger partial charge in [0, 0.05) is 5.02 Å². The van der Waals surface area contributed by atoms with Gasteiger partial charge in [0.15, 0.2) is 6.04 Å². The summed E-state index contributed by atoms with van der Waals surface area (Å²) < 4.78 is 6.00. The molecule has 3 aromatic carbocycles. The molecule has 8 heteroatoms. The summed E-state index contributed by atoms with van der Waals surface area (Å²) in [6.07, 6.45) is 1.70. The molecule has 0 saturated carbocycles. The highest BCUT2D eigenvalue weighted by Crippen LogP contribution is 2.38. The first-order valence-corrected chi connectivity index (χ1v) is 11.5. The molecule has 0 bridgehead atoms. The van der Waals surface area contributed by atoms with E-state index in [4.69, 9.17) is 28.6 Å². The van der Waals surface area contributed by atoms with Crippen LogP contribution in [0.4, 0.5) is 0 Å². The van der Waals surface area contributed by atoms with Gasteiger partial charge in [0.1, 0.15) is 16.7 Å². The summed E-state index contributed by atoms with van der Waals surface area (Å²) in [6.45, 7) is 0.408. The highest BCUT2D eigenvalue weighted by Gasteiger charge is 2.41. The Balaban J connectivity index is 1.47. The number of aliphatic carboxylic acids is 1. The van der Waals surface area contributed by atoms with E-state index >= 15 is 0 Å². The molecule has 166 valence electrons. The van der Waals surface area contributed by atoms with Crippen LogP contribution in [0.3, 0.4) is 0 Å². The number of amides is 1. The van der Waals surface area contributed by atoms with Gasteiger partial charge in [-0.2, -0.15) is 0 Å². The van der Waals surface area contributed by atoms with Crippen molar-refractivity contribution in [1.82, 2.24) is 4.90 Å². The molecule has 1 heterocycles. The van der Waals surface area contributed by atoms with Crippen LogP contribution in [-0.4, -0.2) is 26.2 Å². The van der Waals surface area contributed by atoms with Crippen LogP contribution in [0.15, 0.2) is 83.8 Å². The zero-order chi connectivity index (χ0) is 23.4. The third-order valence-electron chi connectivity index (χ3n) is 4.93. The van der Waals surface area contributed by atoms with E-state index in [2.05, 4.69) is 0 Å². The minimum Gasteiger partial charge on any atom is -0.489 e. The molecule has 1 fully saturated rings. The number of hydrogen-bond donors (Lipinski definition) is 1. The number of carboxylic acid groups (broad SMARTS) is 1. The molecule has 1 aliphatic rings. The van der Waals surface area contributed by atoms with Gasteiger partial charge < -0.3 is 9.84 Å². The maximum atomic E-state index is 13.0. The first kappa shape index (κ1) is 23.0. The van der Waals surface area contributed by atoms with E-state index in [1.807, 2.05) is 48.5 Å². The maximum Gasteiger partial charge on any atom is 0.331 e. The van der Waals surface area contributed by atoms with Gasteiger partial charge >= 0.3 is 5.97 Å². The number of halogens is 1. The van der Waals surface area contributed by atoms with Crippen LogP contribution in [-0.2, 0) is 16.2 Å². The molecule has 1 saturated heterocycles. The van der Waals surface area contributed by atoms with Gasteiger partial charge in [-0.25, -0.2) is 4.79 Å². The van der Waals surface area contributed by atoms with Crippen LogP contribution in [0.5, 0.6) is 5.75 Å². The second kappa shape index (κ2) is 10.2. The Morgan fingerprint density at radius 3 is 2.36 bits per heavy atom. The van der Waals surface area contributed by atoms with Crippen LogP contribution in [0.1, 0.15) is 22.7 Å². The molecule has 1 atom stereocenters. The zero-order valence-corrected chi connectivity index (χ0v) is 19.6. The van der Waals surface area contributed by atoms with E-state index < -0.39 is 17.9 Å². The highest BCUT2D eigenvalue weighted by molar-refractivity contribution is 8.26. The van der Waals surface area contributed by atoms with Crippen LogP contribution in [0.25, 0.3) is 6.08 Å². The molecule has 3 aromatic rings. The second-order valence-corrected chi connectivity index (χ2v) is 9.30. The van der Waals surface area contributed by atoms with Crippen molar-refractivity contribution in [3.05, 3.63) is 105 Å². The number of rotatable bonds is 7. The second-order valence-electron chi connectivity index (χ2n) is 7.19. The van der Waals surface area contributed by atoms with Gasteiger partial charge in [0.05, 0.1) is 4.91 Å². The lowest BCUT2D eigenvalue weighted by molar-refractivity contribution is -0.145. The molecule has 0 aliphatic carbocycles. The molecule has 1 amide bonds. The third kappa shape index (κ3) is 5.45. The van der Waals surface area contributed by atoms with Crippen molar-refractivity contribution in [2.24, 2.45) is 0 Å². The summed E-state index contributed by atoms with van der Waals surface area (Å²) in [7, 11) is 0. The van der Waals surface area contributed by atoms with E-state index in [-0.39, 0.29) is 4.32 Å². The lowest BCUT2D eigenvalue weighted by Gasteiger charge is -2.23. The van der Waals surface area contributed by atoms with E-state index in [0.717, 1.165) is 27.8 Å². The van der Waals surface area contributed by atoms with Crippen LogP contribution in [0.2, 0.25) is 5.02 Å². The van der Waals surface area contributed by atoms with Crippen LogP contribution in [0, 0.1) is 0 Å². The normalized spacial score (nSPS) is 15.7. The standard InChI is InChI=1S/C25H18ClNO4S2/c26-19-10-6-17(7-11-19)15-31-20-12-8-16(9-13-20)14-21-23(28)27(25(32)33-21)22(24(29)30)18-4-2-1-3-5-18/h1-14,22H,15H2,(H,29,30)/b21-14-/t22-/m0/s1. The Morgan fingerprint density at radius 2 is 1.73 bits per heavy atom. The number of carbonyl (C=O) groups excluding carboxylic acids is 1. The fourth-order valence-electron chi connectivity index (χ4n) is 3.30. The average Bonchev–Trinajstić information content (AvgIpc) is 3.08. The maximum absolute atomic E-state index is 13.0. The number of carboxylic acids is 1. The van der Waals surface area contributed by atoms with Gasteiger partial charge in [0.25, 0.3) is 5.91 Å². The monoisotopic (exact) mass is 495 g/mol. The molecule has 0 spiro atoms. The minimum absolute atomic E-state index is 0.213. The summed E-state index contributed by atoms with van der Waals surface area (Å²) in [5, 5.41) is 10.4. The molecule has 0 radical (unpaired) electrons. The summed E-state index contributed by atoms with van der Waals surface area (Å²) in [6, 6.07) is 22.1. The number of nitrogens with zero attached hydrogens (tertiary/aromatic N) is 1. The Bertz CT molecular complexity index is 1210. The Hall–Kier alpha value is -3.13. The predicted molar refractivity (Wildman–Crippen MR) is 134 cm³/mol. The largest absolute Gasteiger partial charge is 0.489 e. The van der Waals surface area contributed by atoms with Crippen molar-refractivity contribution in [2.75, 3.05) is 0 Å². The van der Waals surface area contributed by atoms with Gasteiger partial charge in [-0.3, -0.25) is 9.69 Å². The van der Waals surface area contributed by atoms with Crippen LogP contribution >= 0.6 is 35.6 Å². The molecule has 4 rings (SSSR count). The Labute approximate surface area is 205 Å². The fourth-order valence-corrected chi connectivity index (χ4v) is 4.74. The molecule has 33 heavy (non-hydrogen) atoms. The summed E-state index contributed by atoms with van der Waals surface area (Å²) in [5.41, 5.74) is 2.27.